The van der Waals surface area contributed by atoms with E-state index >= 15 is 0 Å². The van der Waals surface area contributed by atoms with Crippen LogP contribution in [-0.2, 0) is 16.2 Å². The molecule has 3 nitrogen and oxygen atoms in total. The molecule has 3 atom stereocenters. The Bertz CT molecular complexity index is 2770. The van der Waals surface area contributed by atoms with Gasteiger partial charge in [-0.15, -0.1) is 0 Å². The van der Waals surface area contributed by atoms with E-state index in [1.165, 1.54) is 73.9 Å². The van der Waals surface area contributed by atoms with Gasteiger partial charge in [-0.3, -0.25) is 4.90 Å². The molecular weight excluding hydrogens is 895 g/mol. The van der Waals surface area contributed by atoms with E-state index in [-0.39, 0.29) is 38.4 Å². The molecule has 3 unspecified atom stereocenters. The van der Waals surface area contributed by atoms with Gasteiger partial charge in [-0.05, 0) is 155 Å². The van der Waals surface area contributed by atoms with Crippen molar-refractivity contribution >= 4 is 22.1 Å². The summed E-state index contributed by atoms with van der Waals surface area (Å²) >= 11 is 0. The van der Waals surface area contributed by atoms with Crippen LogP contribution < -0.4 is 9.80 Å². The minimum absolute atomic E-state index is 0.0975. The first-order chi connectivity index (χ1) is 34.4. The monoisotopic (exact) mass is 994 g/mol. The maximum Gasteiger partial charge on any atom is 0.0441 e. The number of fused-ring (bicyclic) bond motifs is 1. The van der Waals surface area contributed by atoms with Crippen molar-refractivity contribution in [3.63, 3.8) is 0 Å². The van der Waals surface area contributed by atoms with E-state index < -0.39 is 0 Å². The topological polar surface area (TPSA) is 9.72 Å². The zero-order chi connectivity index (χ0) is 54.4. The summed E-state index contributed by atoms with van der Waals surface area (Å²) in [7, 11) is 0. The van der Waals surface area contributed by atoms with Crippen molar-refractivity contribution < 1.29 is 0 Å². The molecule has 0 aromatic heterocycles. The number of benzene rings is 6. The average Bonchev–Trinajstić information content (AvgIpc) is 3.88. The van der Waals surface area contributed by atoms with E-state index in [0.717, 1.165) is 26.1 Å². The average molecular weight is 995 g/mol. The Kier molecular flexibility index (Phi) is 16.4. The molecule has 3 heterocycles. The van der Waals surface area contributed by atoms with E-state index in [2.05, 4.69) is 293 Å². The fraction of sp³-hybridized carbons (Fsp3) is 0.521. The van der Waals surface area contributed by atoms with Gasteiger partial charge in [0.05, 0.1) is 0 Å². The van der Waals surface area contributed by atoms with Crippen LogP contribution in [0, 0.1) is 0 Å². The van der Waals surface area contributed by atoms with Crippen molar-refractivity contribution in [1.82, 2.24) is 4.90 Å². The second-order valence-corrected chi connectivity index (χ2v) is 28.0. The van der Waals surface area contributed by atoms with Crippen molar-refractivity contribution in [2.75, 3.05) is 29.4 Å². The Morgan fingerprint density at radius 2 is 0.703 bits per heavy atom. The predicted molar refractivity (Wildman–Crippen MR) is 325 cm³/mol. The smallest absolute Gasteiger partial charge is 0.0441 e. The van der Waals surface area contributed by atoms with Gasteiger partial charge in [-0.2, -0.15) is 0 Å². The Morgan fingerprint density at radius 1 is 0.365 bits per heavy atom. The van der Waals surface area contributed by atoms with Crippen molar-refractivity contribution in [2.24, 2.45) is 0 Å². The summed E-state index contributed by atoms with van der Waals surface area (Å²) in [5.41, 5.74) is 14.6. The zero-order valence-corrected chi connectivity index (χ0v) is 50.2. The largest absolute Gasteiger partial charge is 0.365 e. The van der Waals surface area contributed by atoms with Gasteiger partial charge in [0.2, 0.25) is 0 Å². The highest BCUT2D eigenvalue weighted by atomic mass is 15.3. The summed E-state index contributed by atoms with van der Waals surface area (Å²) in [4.78, 5) is 8.11. The van der Waals surface area contributed by atoms with Crippen molar-refractivity contribution in [1.29, 1.82) is 0 Å². The van der Waals surface area contributed by atoms with Gasteiger partial charge in [0, 0.05) is 69.4 Å². The maximum absolute atomic E-state index is 2.74. The summed E-state index contributed by atoms with van der Waals surface area (Å²) in [5.74, 6) is 2.09. The summed E-state index contributed by atoms with van der Waals surface area (Å²) in [6.45, 7) is 50.7. The van der Waals surface area contributed by atoms with Crippen LogP contribution in [0.3, 0.4) is 0 Å². The molecule has 398 valence electrons. The molecule has 3 heteroatoms. The number of nitrogens with zero attached hydrogens (tertiary/aromatic N) is 3. The van der Waals surface area contributed by atoms with Crippen LogP contribution in [0.2, 0.25) is 0 Å². The van der Waals surface area contributed by atoms with Crippen LogP contribution in [-0.4, -0.2) is 46.7 Å². The number of anilines is 2. The van der Waals surface area contributed by atoms with E-state index in [0.29, 0.717) is 23.7 Å². The van der Waals surface area contributed by atoms with Crippen LogP contribution in [0.4, 0.5) is 11.4 Å². The van der Waals surface area contributed by atoms with Crippen molar-refractivity contribution in [3.8, 4) is 0 Å². The van der Waals surface area contributed by atoms with E-state index in [1.807, 2.05) is 0 Å². The lowest BCUT2D eigenvalue weighted by molar-refractivity contribution is 0.0667. The number of hydrogen-bond acceptors (Lipinski definition) is 3. The van der Waals surface area contributed by atoms with Gasteiger partial charge < -0.3 is 9.80 Å². The third kappa shape index (κ3) is 11.6. The molecule has 6 aromatic rings. The Balaban J connectivity index is 0.000000167. The number of para-hydroxylation sites is 2. The van der Waals surface area contributed by atoms with Gasteiger partial charge in [0.15, 0.2) is 0 Å². The fourth-order valence-electron chi connectivity index (χ4n) is 14.6. The number of hydrogen-bond donors (Lipinski definition) is 0. The van der Waals surface area contributed by atoms with Gasteiger partial charge >= 0.3 is 0 Å². The van der Waals surface area contributed by atoms with E-state index in [9.17, 15) is 0 Å². The molecule has 0 N–H and O–H groups in total. The molecule has 0 aliphatic carbocycles. The molecule has 0 radical (unpaired) electrons. The Morgan fingerprint density at radius 3 is 1.11 bits per heavy atom. The van der Waals surface area contributed by atoms with Crippen molar-refractivity contribution in [2.45, 2.75) is 220 Å². The fourth-order valence-corrected chi connectivity index (χ4v) is 14.6. The highest BCUT2D eigenvalue weighted by Gasteiger charge is 2.51. The van der Waals surface area contributed by atoms with Gasteiger partial charge in [-0.1, -0.05) is 216 Å². The zero-order valence-electron chi connectivity index (χ0n) is 50.2. The molecule has 3 aliphatic rings. The van der Waals surface area contributed by atoms with Gasteiger partial charge in [0.25, 0.3) is 0 Å². The lowest BCUT2D eigenvalue weighted by atomic mass is 9.76. The molecule has 6 aromatic carbocycles. The molecule has 3 aliphatic heterocycles. The normalized spacial score (nSPS) is 23.4. The van der Waals surface area contributed by atoms with Gasteiger partial charge in [-0.25, -0.2) is 0 Å². The van der Waals surface area contributed by atoms with Gasteiger partial charge in [0.1, 0.15) is 0 Å². The van der Waals surface area contributed by atoms with Crippen LogP contribution in [0.25, 0.3) is 10.8 Å². The summed E-state index contributed by atoms with van der Waals surface area (Å²) in [6.07, 6.45) is 3.55. The minimum Gasteiger partial charge on any atom is -0.365 e. The third-order valence-corrected chi connectivity index (χ3v) is 17.6. The van der Waals surface area contributed by atoms with Crippen LogP contribution in [0.15, 0.2) is 140 Å². The molecule has 74 heavy (non-hydrogen) atoms. The molecule has 0 bridgehead atoms. The second-order valence-electron chi connectivity index (χ2n) is 28.0. The lowest BCUT2D eigenvalue weighted by Crippen LogP contribution is -2.50. The third-order valence-electron chi connectivity index (χ3n) is 17.6. The highest BCUT2D eigenvalue weighted by Crippen LogP contribution is 2.52. The summed E-state index contributed by atoms with van der Waals surface area (Å²) in [6, 6.07) is 51.6. The Labute approximate surface area is 452 Å². The molecule has 0 amide bonds. The highest BCUT2D eigenvalue weighted by molar-refractivity contribution is 5.87. The molecule has 9 rings (SSSR count). The van der Waals surface area contributed by atoms with Crippen LogP contribution in [0.5, 0.6) is 0 Å². The Hall–Kier alpha value is -4.86. The standard InChI is InChI=1S/C29H37N.C25H35N.C17H27N/c1-20(2)23-15-11-16-24(21(3)4)27(23)30-19-29(7,18-28(30,5)6)26-17-10-13-22-12-8-9-14-25(22)26;1-18(2)21-14-11-15-22(19(3)4)23(21)26-17-25(7,16-24(26,5)6)20-12-9-8-10-13-20;1-15(2,3)18-13-17(6,12-16(18,4)5)14-10-8-7-9-11-14/h8-17,20-21H,18-19H2,1-7H3;8-15,18-19H,16-17H2,1-7H3;7-11H,12-13H2,1-6H3. The lowest BCUT2D eigenvalue weighted by Gasteiger charge is -2.42. The maximum atomic E-state index is 2.74. The second kappa shape index (κ2) is 21.3. The van der Waals surface area contributed by atoms with Crippen molar-refractivity contribution in [3.05, 3.63) is 178 Å². The molecule has 0 spiro atoms. The quantitative estimate of drug-likeness (QED) is 0.143. The summed E-state index contributed by atoms with van der Waals surface area (Å²) in [5, 5.41) is 2.75. The van der Waals surface area contributed by atoms with E-state index in [1.54, 1.807) is 0 Å². The first kappa shape index (κ1) is 56.9. The van der Waals surface area contributed by atoms with E-state index in [4.69, 9.17) is 0 Å². The van der Waals surface area contributed by atoms with Crippen LogP contribution in [0.1, 0.15) is 220 Å². The predicted octanol–water partition coefficient (Wildman–Crippen LogP) is 19.1. The first-order valence-electron chi connectivity index (χ1n) is 28.6. The van der Waals surface area contributed by atoms with Crippen LogP contribution >= 0.6 is 0 Å². The number of rotatable bonds is 9. The number of likely N-dealkylation sites (tertiary alicyclic amines) is 1. The molecule has 3 fully saturated rings. The first-order valence-corrected chi connectivity index (χ1v) is 28.6. The SMILES string of the molecule is CC(C)c1cccc(C(C)C)c1N1CC(C)(c2cccc3ccccc23)CC1(C)C.CC(C)c1cccc(C(C)C)c1N1CC(C)(c2ccccc2)CC1(C)C.CC1(c2ccccc2)CN(C(C)(C)C)C(C)(C)C1. The summed E-state index contributed by atoms with van der Waals surface area (Å²) < 4.78 is 0. The molecule has 0 saturated carbocycles. The minimum atomic E-state index is 0.0975. The molecule has 3 saturated heterocycles. The molecular formula is C71H99N3.